The van der Waals surface area contributed by atoms with Crippen molar-refractivity contribution in [3.05, 3.63) is 60.6 Å². The summed E-state index contributed by atoms with van der Waals surface area (Å²) in [5.41, 5.74) is 7.62. The number of hydrogen-bond donors (Lipinski definition) is 2. The summed E-state index contributed by atoms with van der Waals surface area (Å²) in [5, 5.41) is 2.85. The van der Waals surface area contributed by atoms with Crippen LogP contribution in [-0.2, 0) is 11.4 Å². The van der Waals surface area contributed by atoms with E-state index in [0.29, 0.717) is 24.5 Å². The Balaban J connectivity index is 0.00000196. The number of aromatic nitrogens is 2. The number of amides is 1. The number of imidazole rings is 1. The van der Waals surface area contributed by atoms with Crippen molar-refractivity contribution in [2.45, 2.75) is 38.8 Å². The molecule has 1 atom stereocenters. The summed E-state index contributed by atoms with van der Waals surface area (Å²) in [6.45, 7) is 4.14. The van der Waals surface area contributed by atoms with Crippen LogP contribution in [-0.4, -0.2) is 20.8 Å². The summed E-state index contributed by atoms with van der Waals surface area (Å²) in [5.74, 6) is 0.529. The fourth-order valence-electron chi connectivity index (χ4n) is 2.76. The minimum absolute atomic E-state index is 0. The Kier molecular flexibility index (Phi) is 8.75. The van der Waals surface area contributed by atoms with E-state index in [9.17, 15) is 4.79 Å². The van der Waals surface area contributed by atoms with Crippen LogP contribution in [0.25, 0.3) is 5.65 Å². The molecule has 1 amide bonds. The molecule has 0 saturated heterocycles. The molecule has 3 aromatic rings. The molecular formula is C20H26Cl2N4O2. The van der Waals surface area contributed by atoms with Gasteiger partial charge < -0.3 is 20.2 Å². The van der Waals surface area contributed by atoms with E-state index in [1.54, 1.807) is 19.1 Å². The van der Waals surface area contributed by atoms with Crippen molar-refractivity contribution in [1.82, 2.24) is 9.38 Å². The van der Waals surface area contributed by atoms with E-state index in [1.165, 1.54) is 0 Å². The summed E-state index contributed by atoms with van der Waals surface area (Å²) in [6.07, 6.45) is 5.39. The number of nitrogens with two attached hydrogens (primary N) is 1. The number of ether oxygens (including phenoxy) is 1. The van der Waals surface area contributed by atoms with Crippen LogP contribution in [0.2, 0.25) is 0 Å². The van der Waals surface area contributed by atoms with Crippen molar-refractivity contribution in [3.63, 3.8) is 0 Å². The largest absolute Gasteiger partial charge is 0.487 e. The van der Waals surface area contributed by atoms with Crippen LogP contribution in [0.5, 0.6) is 5.75 Å². The summed E-state index contributed by atoms with van der Waals surface area (Å²) in [4.78, 5) is 16.7. The molecule has 8 heteroatoms. The summed E-state index contributed by atoms with van der Waals surface area (Å²) < 4.78 is 7.73. The van der Waals surface area contributed by atoms with Gasteiger partial charge in [-0.05, 0) is 49.7 Å². The zero-order valence-electron chi connectivity index (χ0n) is 15.9. The fourth-order valence-corrected chi connectivity index (χ4v) is 2.76. The van der Waals surface area contributed by atoms with Crippen molar-refractivity contribution >= 4 is 42.1 Å². The van der Waals surface area contributed by atoms with Gasteiger partial charge in [0.2, 0.25) is 5.91 Å². The third-order valence-corrected chi connectivity index (χ3v) is 4.20. The quantitative estimate of drug-likeness (QED) is 0.594. The summed E-state index contributed by atoms with van der Waals surface area (Å²) in [7, 11) is 0. The molecule has 2 heterocycles. The molecule has 28 heavy (non-hydrogen) atoms. The Morgan fingerprint density at radius 3 is 2.57 bits per heavy atom. The van der Waals surface area contributed by atoms with Crippen molar-refractivity contribution < 1.29 is 9.53 Å². The number of halogens is 2. The topological polar surface area (TPSA) is 81.7 Å². The third kappa shape index (κ3) is 5.86. The molecule has 3 rings (SSSR count). The maximum absolute atomic E-state index is 12.2. The highest BCUT2D eigenvalue weighted by Crippen LogP contribution is 2.19. The van der Waals surface area contributed by atoms with Gasteiger partial charge in [0.05, 0.1) is 11.2 Å². The van der Waals surface area contributed by atoms with Crippen LogP contribution < -0.4 is 15.8 Å². The summed E-state index contributed by atoms with van der Waals surface area (Å²) >= 11 is 0. The fraction of sp³-hybridized carbons (Fsp3) is 0.300. The van der Waals surface area contributed by atoms with Crippen LogP contribution in [0.15, 0.2) is 54.9 Å². The van der Waals surface area contributed by atoms with E-state index in [1.807, 2.05) is 54.0 Å². The van der Waals surface area contributed by atoms with Crippen LogP contribution in [0, 0.1) is 0 Å². The van der Waals surface area contributed by atoms with Gasteiger partial charge in [-0.15, -0.1) is 24.8 Å². The van der Waals surface area contributed by atoms with E-state index < -0.39 is 5.54 Å². The third-order valence-electron chi connectivity index (χ3n) is 4.20. The highest BCUT2D eigenvalue weighted by atomic mass is 35.5. The number of fused-ring (bicyclic) bond motifs is 1. The first-order valence-corrected chi connectivity index (χ1v) is 8.74. The summed E-state index contributed by atoms with van der Waals surface area (Å²) in [6, 6.07) is 13.1. The number of hydrogen-bond acceptors (Lipinski definition) is 4. The molecule has 0 radical (unpaired) electrons. The predicted molar refractivity (Wildman–Crippen MR) is 117 cm³/mol. The van der Waals surface area contributed by atoms with Gasteiger partial charge in [0, 0.05) is 18.1 Å². The first kappa shape index (κ1) is 23.8. The lowest BCUT2D eigenvalue weighted by Crippen LogP contribution is -2.48. The molecule has 0 saturated carbocycles. The molecule has 152 valence electrons. The van der Waals surface area contributed by atoms with E-state index >= 15 is 0 Å². The van der Waals surface area contributed by atoms with Crippen molar-refractivity contribution in [2.75, 3.05) is 5.32 Å². The minimum Gasteiger partial charge on any atom is -0.487 e. The second-order valence-electron chi connectivity index (χ2n) is 6.63. The Bertz CT molecular complexity index is 862. The molecule has 0 aliphatic carbocycles. The number of carbonyl (C=O) groups excluding carboxylic acids is 1. The average molecular weight is 425 g/mol. The van der Waals surface area contributed by atoms with Crippen molar-refractivity contribution in [2.24, 2.45) is 5.73 Å². The SMILES string of the molecule is CCCC(C)(N)C(=O)Nc1ccc(OCc2cn3ccccc3n2)cc1.Cl.Cl. The van der Waals surface area contributed by atoms with Crippen LogP contribution in [0.3, 0.4) is 0 Å². The van der Waals surface area contributed by atoms with Gasteiger partial charge in [-0.25, -0.2) is 4.98 Å². The van der Waals surface area contributed by atoms with Gasteiger partial charge in [-0.1, -0.05) is 19.4 Å². The van der Waals surface area contributed by atoms with Crippen LogP contribution in [0.1, 0.15) is 32.4 Å². The second-order valence-corrected chi connectivity index (χ2v) is 6.63. The number of rotatable bonds is 7. The minimum atomic E-state index is -0.868. The smallest absolute Gasteiger partial charge is 0.244 e. The van der Waals surface area contributed by atoms with Crippen LogP contribution >= 0.6 is 24.8 Å². The van der Waals surface area contributed by atoms with Gasteiger partial charge in [-0.3, -0.25) is 4.79 Å². The first-order chi connectivity index (χ1) is 12.5. The van der Waals surface area contributed by atoms with Crippen molar-refractivity contribution in [1.29, 1.82) is 0 Å². The lowest BCUT2D eigenvalue weighted by Gasteiger charge is -2.22. The number of anilines is 1. The standard InChI is InChI=1S/C20H24N4O2.2ClH/c1-3-11-20(2,21)19(25)23-15-7-9-17(10-8-15)26-14-16-13-24-12-5-4-6-18(24)22-16;;/h4-10,12-13H,3,11,14,21H2,1-2H3,(H,23,25);2*1H. The van der Waals surface area contributed by atoms with Gasteiger partial charge in [-0.2, -0.15) is 0 Å². The number of carbonyl (C=O) groups is 1. The average Bonchev–Trinajstić information content (AvgIpc) is 3.04. The highest BCUT2D eigenvalue weighted by molar-refractivity contribution is 5.97. The van der Waals surface area contributed by atoms with E-state index in [4.69, 9.17) is 10.5 Å². The Morgan fingerprint density at radius 1 is 1.21 bits per heavy atom. The molecule has 1 aromatic carbocycles. The molecular weight excluding hydrogens is 399 g/mol. The number of nitrogens with zero attached hydrogens (tertiary/aromatic N) is 2. The predicted octanol–water partition coefficient (Wildman–Crippen LogP) is 4.21. The monoisotopic (exact) mass is 424 g/mol. The number of benzene rings is 1. The number of nitrogens with one attached hydrogen (secondary N) is 1. The van der Waals surface area contributed by atoms with E-state index in [0.717, 1.165) is 17.8 Å². The van der Waals surface area contributed by atoms with E-state index in [2.05, 4.69) is 10.3 Å². The Morgan fingerprint density at radius 2 is 1.93 bits per heavy atom. The number of pyridine rings is 1. The van der Waals surface area contributed by atoms with Crippen molar-refractivity contribution in [3.8, 4) is 5.75 Å². The lowest BCUT2D eigenvalue weighted by molar-refractivity contribution is -0.120. The molecule has 0 fully saturated rings. The zero-order chi connectivity index (χ0) is 18.6. The lowest BCUT2D eigenvalue weighted by atomic mass is 9.96. The Labute approximate surface area is 177 Å². The van der Waals surface area contributed by atoms with Gasteiger partial charge in [0.25, 0.3) is 0 Å². The second kappa shape index (κ2) is 10.3. The first-order valence-electron chi connectivity index (χ1n) is 8.74. The van der Waals surface area contributed by atoms with E-state index in [-0.39, 0.29) is 30.7 Å². The van der Waals surface area contributed by atoms with Gasteiger partial charge >= 0.3 is 0 Å². The molecule has 0 spiro atoms. The van der Waals surface area contributed by atoms with Crippen LogP contribution in [0.4, 0.5) is 5.69 Å². The molecule has 1 unspecified atom stereocenters. The normalized spacial score (nSPS) is 12.4. The molecule has 0 bridgehead atoms. The maximum Gasteiger partial charge on any atom is 0.244 e. The van der Waals surface area contributed by atoms with Gasteiger partial charge in [0.15, 0.2) is 0 Å². The highest BCUT2D eigenvalue weighted by Gasteiger charge is 2.27. The molecule has 3 N–H and O–H groups in total. The molecule has 2 aromatic heterocycles. The zero-order valence-corrected chi connectivity index (χ0v) is 17.6. The molecule has 0 aliphatic rings. The van der Waals surface area contributed by atoms with Gasteiger partial charge in [0.1, 0.15) is 18.0 Å². The maximum atomic E-state index is 12.2. The molecule has 0 aliphatic heterocycles. The molecule has 6 nitrogen and oxygen atoms in total. The Hall–Kier alpha value is -2.28.